The van der Waals surface area contributed by atoms with E-state index in [0.29, 0.717) is 22.0 Å². The first-order chi connectivity index (χ1) is 14.4. The molecule has 0 aliphatic carbocycles. The molecule has 0 aliphatic rings. The zero-order chi connectivity index (χ0) is 21.5. The van der Waals surface area contributed by atoms with Gasteiger partial charge in [0.15, 0.2) is 0 Å². The largest absolute Gasteiger partial charge is 0.497 e. The Morgan fingerprint density at radius 2 is 1.57 bits per heavy atom. The smallest absolute Gasteiger partial charge is 0.272 e. The minimum absolute atomic E-state index is 0.0982. The fourth-order valence-electron chi connectivity index (χ4n) is 2.55. The first kappa shape index (κ1) is 21.6. The van der Waals surface area contributed by atoms with Gasteiger partial charge in [-0.05, 0) is 72.3 Å². The minimum atomic E-state index is -0.458. The van der Waals surface area contributed by atoms with E-state index in [4.69, 9.17) is 16.3 Å². The van der Waals surface area contributed by atoms with Crippen molar-refractivity contribution in [2.75, 3.05) is 12.4 Å². The summed E-state index contributed by atoms with van der Waals surface area (Å²) < 4.78 is 5.98. The van der Waals surface area contributed by atoms with Gasteiger partial charge in [-0.1, -0.05) is 39.7 Å². The molecule has 3 aromatic rings. The normalized spacial score (nSPS) is 11.0. The van der Waals surface area contributed by atoms with Crippen LogP contribution in [0.25, 0.3) is 6.08 Å². The highest BCUT2D eigenvalue weighted by Crippen LogP contribution is 2.17. The number of ether oxygens (including phenoxy) is 1. The van der Waals surface area contributed by atoms with E-state index in [0.717, 1.165) is 10.0 Å². The third kappa shape index (κ3) is 5.95. The van der Waals surface area contributed by atoms with Crippen LogP contribution in [0.3, 0.4) is 0 Å². The lowest BCUT2D eigenvalue weighted by atomic mass is 10.1. The maximum atomic E-state index is 12.9. The number of carbonyl (C=O) groups is 2. The summed E-state index contributed by atoms with van der Waals surface area (Å²) in [5.74, 6) is -0.179. The number of halogens is 2. The van der Waals surface area contributed by atoms with Gasteiger partial charge in [0.2, 0.25) is 0 Å². The number of rotatable bonds is 6. The van der Waals surface area contributed by atoms with Crippen molar-refractivity contribution in [2.24, 2.45) is 0 Å². The number of benzene rings is 3. The van der Waals surface area contributed by atoms with Crippen molar-refractivity contribution in [2.45, 2.75) is 0 Å². The van der Waals surface area contributed by atoms with Crippen LogP contribution >= 0.6 is 27.5 Å². The molecule has 7 heteroatoms. The van der Waals surface area contributed by atoms with E-state index in [1.54, 1.807) is 86.0 Å². The summed E-state index contributed by atoms with van der Waals surface area (Å²) >= 11 is 9.28. The number of hydrogen-bond donors (Lipinski definition) is 2. The van der Waals surface area contributed by atoms with E-state index >= 15 is 0 Å². The monoisotopic (exact) mass is 484 g/mol. The van der Waals surface area contributed by atoms with Gasteiger partial charge in [-0.2, -0.15) is 0 Å². The Morgan fingerprint density at radius 1 is 0.933 bits per heavy atom. The number of nitrogens with one attached hydrogen (secondary N) is 2. The molecule has 152 valence electrons. The number of carbonyl (C=O) groups excluding carboxylic acids is 2. The quantitative estimate of drug-likeness (QED) is 0.452. The van der Waals surface area contributed by atoms with E-state index in [2.05, 4.69) is 26.6 Å². The topological polar surface area (TPSA) is 67.4 Å². The second kappa shape index (κ2) is 10.1. The van der Waals surface area contributed by atoms with Crippen LogP contribution in [0.1, 0.15) is 15.9 Å². The summed E-state index contributed by atoms with van der Waals surface area (Å²) in [6, 6.07) is 20.7. The highest BCUT2D eigenvalue weighted by Gasteiger charge is 2.15. The number of methoxy groups -OCH3 is 1. The molecule has 0 saturated carbocycles. The van der Waals surface area contributed by atoms with Gasteiger partial charge in [0.05, 0.1) is 7.11 Å². The molecule has 3 rings (SSSR count). The lowest BCUT2D eigenvalue weighted by Crippen LogP contribution is -2.30. The van der Waals surface area contributed by atoms with Crippen molar-refractivity contribution in [3.05, 3.63) is 99.1 Å². The summed E-state index contributed by atoms with van der Waals surface area (Å²) in [5, 5.41) is 6.05. The average molecular weight is 486 g/mol. The Labute approximate surface area is 187 Å². The van der Waals surface area contributed by atoms with Crippen LogP contribution in [0, 0.1) is 0 Å². The molecule has 0 fully saturated rings. The first-order valence-corrected chi connectivity index (χ1v) is 10.1. The second-order valence-corrected chi connectivity index (χ2v) is 7.61. The van der Waals surface area contributed by atoms with E-state index in [-0.39, 0.29) is 5.70 Å². The van der Waals surface area contributed by atoms with Crippen molar-refractivity contribution < 1.29 is 14.3 Å². The van der Waals surface area contributed by atoms with Gasteiger partial charge in [0.1, 0.15) is 11.4 Å². The molecule has 0 aromatic heterocycles. The van der Waals surface area contributed by atoms with Crippen LogP contribution in [-0.4, -0.2) is 18.9 Å². The molecule has 0 aliphatic heterocycles. The lowest BCUT2D eigenvalue weighted by molar-refractivity contribution is -0.113. The van der Waals surface area contributed by atoms with Gasteiger partial charge in [0, 0.05) is 20.7 Å². The maximum Gasteiger partial charge on any atom is 0.272 e. The number of hydrogen-bond acceptors (Lipinski definition) is 3. The Hall–Kier alpha value is -3.09. The fraction of sp³-hybridized carbons (Fsp3) is 0.0435. The van der Waals surface area contributed by atoms with Crippen LogP contribution in [0.15, 0.2) is 83.0 Å². The van der Waals surface area contributed by atoms with Gasteiger partial charge < -0.3 is 15.4 Å². The SMILES string of the molecule is COc1ccc(NC(=O)C(=Cc2ccc(Cl)cc2)NC(=O)c2ccc(Br)cc2)cc1. The predicted molar refractivity (Wildman–Crippen MR) is 123 cm³/mol. The Morgan fingerprint density at radius 3 is 2.17 bits per heavy atom. The van der Waals surface area contributed by atoms with Crippen LogP contribution in [0.2, 0.25) is 5.02 Å². The third-order valence-electron chi connectivity index (χ3n) is 4.13. The van der Waals surface area contributed by atoms with Crippen molar-refractivity contribution in [1.82, 2.24) is 5.32 Å². The number of anilines is 1. The summed E-state index contributed by atoms with van der Waals surface area (Å²) in [6.07, 6.45) is 1.59. The van der Waals surface area contributed by atoms with Crippen molar-refractivity contribution in [3.63, 3.8) is 0 Å². The Balaban J connectivity index is 1.85. The molecule has 2 amide bonds. The lowest BCUT2D eigenvalue weighted by Gasteiger charge is -2.12. The van der Waals surface area contributed by atoms with Gasteiger partial charge in [-0.25, -0.2) is 0 Å². The van der Waals surface area contributed by atoms with Crippen molar-refractivity contribution in [1.29, 1.82) is 0 Å². The molecule has 0 saturated heterocycles. The molecule has 0 atom stereocenters. The molecule has 3 aromatic carbocycles. The van der Waals surface area contributed by atoms with Crippen LogP contribution in [0.4, 0.5) is 5.69 Å². The Bertz CT molecular complexity index is 1060. The van der Waals surface area contributed by atoms with E-state index in [1.165, 1.54) is 0 Å². The van der Waals surface area contributed by atoms with Gasteiger partial charge in [0.25, 0.3) is 11.8 Å². The number of amides is 2. The molecule has 2 N–H and O–H groups in total. The van der Waals surface area contributed by atoms with Gasteiger partial charge in [-0.3, -0.25) is 9.59 Å². The fourth-order valence-corrected chi connectivity index (χ4v) is 2.94. The molecular weight excluding hydrogens is 468 g/mol. The summed E-state index contributed by atoms with van der Waals surface area (Å²) in [6.45, 7) is 0. The van der Waals surface area contributed by atoms with Gasteiger partial charge >= 0.3 is 0 Å². The zero-order valence-corrected chi connectivity index (χ0v) is 18.3. The van der Waals surface area contributed by atoms with E-state index in [9.17, 15) is 9.59 Å². The summed E-state index contributed by atoms with van der Waals surface area (Å²) in [4.78, 5) is 25.6. The average Bonchev–Trinajstić information content (AvgIpc) is 2.75. The molecular formula is C23H18BrClN2O3. The first-order valence-electron chi connectivity index (χ1n) is 8.94. The molecule has 0 spiro atoms. The molecule has 0 bridgehead atoms. The minimum Gasteiger partial charge on any atom is -0.497 e. The van der Waals surface area contributed by atoms with Crippen LogP contribution < -0.4 is 15.4 Å². The zero-order valence-electron chi connectivity index (χ0n) is 16.0. The summed E-state index contributed by atoms with van der Waals surface area (Å²) in [7, 11) is 1.57. The molecule has 5 nitrogen and oxygen atoms in total. The van der Waals surface area contributed by atoms with Crippen molar-refractivity contribution >= 4 is 51.1 Å². The summed E-state index contributed by atoms with van der Waals surface area (Å²) in [5.41, 5.74) is 1.81. The van der Waals surface area contributed by atoms with Gasteiger partial charge in [-0.15, -0.1) is 0 Å². The highest BCUT2D eigenvalue weighted by atomic mass is 79.9. The third-order valence-corrected chi connectivity index (χ3v) is 4.91. The molecule has 0 unspecified atom stereocenters. The van der Waals surface area contributed by atoms with E-state index in [1.807, 2.05) is 0 Å². The molecule has 0 radical (unpaired) electrons. The maximum absolute atomic E-state index is 12.9. The second-order valence-electron chi connectivity index (χ2n) is 6.25. The Kier molecular flexibility index (Phi) is 7.27. The standard InChI is InChI=1S/C23H18BrClN2O3/c1-30-20-12-10-19(11-13-20)26-23(29)21(14-15-2-8-18(25)9-3-15)27-22(28)16-4-6-17(24)7-5-16/h2-14H,1H3,(H,26,29)(H,27,28). The van der Waals surface area contributed by atoms with Crippen LogP contribution in [-0.2, 0) is 4.79 Å². The molecule has 30 heavy (non-hydrogen) atoms. The highest BCUT2D eigenvalue weighted by molar-refractivity contribution is 9.10. The van der Waals surface area contributed by atoms with Crippen molar-refractivity contribution in [3.8, 4) is 5.75 Å². The van der Waals surface area contributed by atoms with Crippen LogP contribution in [0.5, 0.6) is 5.75 Å². The van der Waals surface area contributed by atoms with E-state index < -0.39 is 11.8 Å². The molecule has 0 heterocycles. The predicted octanol–water partition coefficient (Wildman–Crippen LogP) is 5.52.